The maximum Gasteiger partial charge on any atom is 0.243 e. The Kier molecular flexibility index (Phi) is 5.89. The minimum absolute atomic E-state index is 0.0559. The first-order chi connectivity index (χ1) is 11.9. The largest absolute Gasteiger partial charge is 0.376 e. The van der Waals surface area contributed by atoms with Gasteiger partial charge >= 0.3 is 0 Å². The smallest absolute Gasteiger partial charge is 0.243 e. The molecular weight excluding hydrogens is 318 g/mol. The fraction of sp³-hybridized carbons (Fsp3) is 0.211. The van der Waals surface area contributed by atoms with E-state index in [2.05, 4.69) is 16.0 Å². The highest BCUT2D eigenvalue weighted by atomic mass is 16.2. The zero-order valence-corrected chi connectivity index (χ0v) is 14.5. The molecule has 0 aliphatic rings. The number of hydrogen-bond donors (Lipinski definition) is 3. The van der Waals surface area contributed by atoms with Gasteiger partial charge in [-0.1, -0.05) is 18.2 Å². The predicted molar refractivity (Wildman–Crippen MR) is 99.0 cm³/mol. The fourth-order valence-corrected chi connectivity index (χ4v) is 2.35. The molecule has 0 saturated heterocycles. The van der Waals surface area contributed by atoms with E-state index in [0.717, 1.165) is 11.3 Å². The van der Waals surface area contributed by atoms with E-state index < -0.39 is 0 Å². The number of nitrogens with one attached hydrogen (secondary N) is 3. The quantitative estimate of drug-likeness (QED) is 0.705. The van der Waals surface area contributed by atoms with Gasteiger partial charge in [-0.05, 0) is 43.7 Å². The van der Waals surface area contributed by atoms with Crippen molar-refractivity contribution in [1.29, 1.82) is 0 Å². The lowest BCUT2D eigenvalue weighted by atomic mass is 10.1. The predicted octanol–water partition coefficient (Wildman–Crippen LogP) is 3.21. The second-order valence-electron chi connectivity index (χ2n) is 5.70. The third kappa shape index (κ3) is 5.17. The Bertz CT molecular complexity index is 815. The highest BCUT2D eigenvalue weighted by Crippen LogP contribution is 2.23. The average Bonchev–Trinajstić information content (AvgIpc) is 2.55. The SMILES string of the molecule is CC(=O)Nc1cccc(NCC(=O)Nc2cccc(C(C)=O)c2)c1C. The summed E-state index contributed by atoms with van der Waals surface area (Å²) in [5.41, 5.74) is 3.43. The average molecular weight is 339 g/mol. The van der Waals surface area contributed by atoms with E-state index in [0.29, 0.717) is 16.9 Å². The standard InChI is InChI=1S/C19H21N3O3/c1-12-17(8-5-9-18(12)21-14(3)24)20-11-19(25)22-16-7-4-6-15(10-16)13(2)23/h4-10,20H,11H2,1-3H3,(H,21,24)(H,22,25). The second-order valence-corrected chi connectivity index (χ2v) is 5.70. The Morgan fingerprint density at radius 2 is 1.60 bits per heavy atom. The summed E-state index contributed by atoms with van der Waals surface area (Å²) in [5, 5.41) is 8.55. The maximum atomic E-state index is 12.1. The van der Waals surface area contributed by atoms with Crippen LogP contribution in [0.25, 0.3) is 0 Å². The van der Waals surface area contributed by atoms with Gasteiger partial charge in [0.15, 0.2) is 5.78 Å². The zero-order valence-electron chi connectivity index (χ0n) is 14.5. The van der Waals surface area contributed by atoms with Crippen molar-refractivity contribution in [2.24, 2.45) is 0 Å². The lowest BCUT2D eigenvalue weighted by Gasteiger charge is -2.13. The summed E-state index contributed by atoms with van der Waals surface area (Å²) < 4.78 is 0. The van der Waals surface area contributed by atoms with Crippen LogP contribution < -0.4 is 16.0 Å². The summed E-state index contributed by atoms with van der Waals surface area (Å²) in [6.07, 6.45) is 0. The first kappa shape index (κ1) is 18.2. The second kappa shape index (κ2) is 8.10. The molecule has 0 aromatic heterocycles. The molecule has 0 bridgehead atoms. The molecule has 0 unspecified atom stereocenters. The minimum Gasteiger partial charge on any atom is -0.376 e. The number of anilines is 3. The molecule has 2 aromatic carbocycles. The van der Waals surface area contributed by atoms with Crippen LogP contribution in [0.1, 0.15) is 29.8 Å². The normalized spacial score (nSPS) is 10.0. The molecule has 2 amide bonds. The zero-order chi connectivity index (χ0) is 18.4. The van der Waals surface area contributed by atoms with Crippen LogP contribution in [0.3, 0.4) is 0 Å². The van der Waals surface area contributed by atoms with E-state index in [1.54, 1.807) is 36.4 Å². The minimum atomic E-state index is -0.231. The molecule has 0 spiro atoms. The van der Waals surface area contributed by atoms with E-state index in [1.807, 2.05) is 13.0 Å². The molecule has 0 aliphatic heterocycles. The summed E-state index contributed by atoms with van der Waals surface area (Å²) in [4.78, 5) is 34.7. The maximum absolute atomic E-state index is 12.1. The lowest BCUT2D eigenvalue weighted by molar-refractivity contribution is -0.115. The van der Waals surface area contributed by atoms with Gasteiger partial charge in [0.25, 0.3) is 0 Å². The Labute approximate surface area is 146 Å². The molecule has 0 atom stereocenters. The fourth-order valence-electron chi connectivity index (χ4n) is 2.35. The summed E-state index contributed by atoms with van der Waals surface area (Å²) in [6, 6.07) is 12.2. The van der Waals surface area contributed by atoms with Gasteiger partial charge in [-0.25, -0.2) is 0 Å². The van der Waals surface area contributed by atoms with Gasteiger partial charge in [0.2, 0.25) is 11.8 Å². The van der Waals surface area contributed by atoms with E-state index in [-0.39, 0.29) is 24.1 Å². The molecule has 25 heavy (non-hydrogen) atoms. The van der Waals surface area contributed by atoms with E-state index >= 15 is 0 Å². The molecule has 3 N–H and O–H groups in total. The molecule has 0 saturated carbocycles. The van der Waals surface area contributed by atoms with Gasteiger partial charge in [0, 0.05) is 29.5 Å². The topological polar surface area (TPSA) is 87.3 Å². The van der Waals surface area contributed by atoms with Crippen molar-refractivity contribution in [2.45, 2.75) is 20.8 Å². The van der Waals surface area contributed by atoms with E-state index in [4.69, 9.17) is 0 Å². The van der Waals surface area contributed by atoms with Gasteiger partial charge in [-0.2, -0.15) is 0 Å². The van der Waals surface area contributed by atoms with Gasteiger partial charge in [-0.3, -0.25) is 14.4 Å². The van der Waals surface area contributed by atoms with Crippen molar-refractivity contribution >= 4 is 34.7 Å². The molecule has 2 aromatic rings. The number of benzene rings is 2. The van der Waals surface area contributed by atoms with Crippen molar-refractivity contribution in [2.75, 3.05) is 22.5 Å². The number of Topliss-reactive ketones (excluding diaryl/α,β-unsaturated/α-hetero) is 1. The van der Waals surface area contributed by atoms with Crippen molar-refractivity contribution < 1.29 is 14.4 Å². The van der Waals surface area contributed by atoms with Crippen LogP contribution in [0.5, 0.6) is 0 Å². The Hall–Kier alpha value is -3.15. The molecule has 0 radical (unpaired) electrons. The van der Waals surface area contributed by atoms with Crippen LogP contribution in [0.4, 0.5) is 17.1 Å². The van der Waals surface area contributed by atoms with Crippen LogP contribution in [0.15, 0.2) is 42.5 Å². The molecule has 0 aliphatic carbocycles. The van der Waals surface area contributed by atoms with Crippen molar-refractivity contribution in [1.82, 2.24) is 0 Å². The third-order valence-corrected chi connectivity index (χ3v) is 3.64. The lowest BCUT2D eigenvalue weighted by Crippen LogP contribution is -2.22. The summed E-state index contributed by atoms with van der Waals surface area (Å²) in [7, 11) is 0. The highest BCUT2D eigenvalue weighted by molar-refractivity contribution is 5.98. The highest BCUT2D eigenvalue weighted by Gasteiger charge is 2.08. The van der Waals surface area contributed by atoms with Gasteiger partial charge in [0.1, 0.15) is 0 Å². The van der Waals surface area contributed by atoms with E-state index in [9.17, 15) is 14.4 Å². The monoisotopic (exact) mass is 339 g/mol. The van der Waals surface area contributed by atoms with Crippen LogP contribution in [0.2, 0.25) is 0 Å². The van der Waals surface area contributed by atoms with Crippen LogP contribution in [-0.2, 0) is 9.59 Å². The molecule has 0 fully saturated rings. The molecule has 6 heteroatoms. The Balaban J connectivity index is 1.99. The summed E-state index contributed by atoms with van der Waals surface area (Å²) in [5.74, 6) is -0.437. The number of ketones is 1. The molecule has 130 valence electrons. The summed E-state index contributed by atoms with van der Waals surface area (Å²) >= 11 is 0. The number of carbonyl (C=O) groups excluding carboxylic acids is 3. The van der Waals surface area contributed by atoms with Crippen molar-refractivity contribution in [3.8, 4) is 0 Å². The van der Waals surface area contributed by atoms with Gasteiger partial charge in [-0.15, -0.1) is 0 Å². The van der Waals surface area contributed by atoms with Crippen LogP contribution in [-0.4, -0.2) is 24.1 Å². The number of amides is 2. The number of rotatable bonds is 6. The molecule has 2 rings (SSSR count). The summed E-state index contributed by atoms with van der Waals surface area (Å²) in [6.45, 7) is 4.85. The van der Waals surface area contributed by atoms with Crippen LogP contribution in [0, 0.1) is 6.92 Å². The third-order valence-electron chi connectivity index (χ3n) is 3.64. The van der Waals surface area contributed by atoms with Gasteiger partial charge < -0.3 is 16.0 Å². The van der Waals surface area contributed by atoms with Crippen molar-refractivity contribution in [3.63, 3.8) is 0 Å². The molecule has 6 nitrogen and oxygen atoms in total. The Morgan fingerprint density at radius 1 is 0.920 bits per heavy atom. The molecular formula is C19H21N3O3. The van der Waals surface area contributed by atoms with Crippen LogP contribution >= 0.6 is 0 Å². The first-order valence-corrected chi connectivity index (χ1v) is 7.88. The van der Waals surface area contributed by atoms with Gasteiger partial charge in [0.05, 0.1) is 6.54 Å². The van der Waals surface area contributed by atoms with E-state index in [1.165, 1.54) is 13.8 Å². The molecule has 0 heterocycles. The number of hydrogen-bond acceptors (Lipinski definition) is 4. The Morgan fingerprint density at radius 3 is 2.28 bits per heavy atom. The number of carbonyl (C=O) groups is 3. The first-order valence-electron chi connectivity index (χ1n) is 7.88. The van der Waals surface area contributed by atoms with Crippen molar-refractivity contribution in [3.05, 3.63) is 53.6 Å².